The number of amides is 2. The highest BCUT2D eigenvalue weighted by atomic mass is 16.2. The fraction of sp³-hybridized carbons (Fsp3) is 0.800. The van der Waals surface area contributed by atoms with Gasteiger partial charge in [0.05, 0.1) is 0 Å². The zero-order valence-corrected chi connectivity index (χ0v) is 24.9. The first kappa shape index (κ1) is 30.5. The third-order valence-corrected chi connectivity index (χ3v) is 6.62. The lowest BCUT2D eigenvalue weighted by Crippen LogP contribution is -2.43. The van der Waals surface area contributed by atoms with Crippen LogP contribution in [0.4, 0.5) is 4.79 Å². The van der Waals surface area contributed by atoms with Crippen LogP contribution >= 0.6 is 0 Å². The highest BCUT2D eigenvalue weighted by Gasteiger charge is 2.38. The van der Waals surface area contributed by atoms with Crippen LogP contribution in [0.3, 0.4) is 0 Å². The third kappa shape index (κ3) is 8.27. The molecule has 0 aromatic rings. The van der Waals surface area contributed by atoms with Gasteiger partial charge in [-0.05, 0) is 48.5 Å². The van der Waals surface area contributed by atoms with E-state index >= 15 is 0 Å². The molecule has 0 radical (unpaired) electrons. The average molecular weight is 475 g/mol. The van der Waals surface area contributed by atoms with Crippen molar-refractivity contribution in [3.63, 3.8) is 0 Å². The van der Waals surface area contributed by atoms with Crippen molar-refractivity contribution in [2.75, 3.05) is 6.54 Å². The van der Waals surface area contributed by atoms with Gasteiger partial charge < -0.3 is 5.32 Å². The van der Waals surface area contributed by atoms with E-state index in [1.807, 2.05) is 18.7 Å². The maximum absolute atomic E-state index is 12.4. The molecule has 4 nitrogen and oxygen atoms in total. The van der Waals surface area contributed by atoms with E-state index in [1.165, 1.54) is 22.4 Å². The maximum atomic E-state index is 12.4. The summed E-state index contributed by atoms with van der Waals surface area (Å²) in [7, 11) is 0. The molecule has 1 aliphatic carbocycles. The lowest BCUT2D eigenvalue weighted by atomic mass is 9.69. The molecule has 0 saturated heterocycles. The molecule has 0 fully saturated rings. The number of hydrogen-bond acceptors (Lipinski definition) is 2. The number of nitrogens with zero attached hydrogens (tertiary/aromatic N) is 1. The van der Waals surface area contributed by atoms with Crippen LogP contribution in [0, 0.1) is 21.7 Å². The Morgan fingerprint density at radius 1 is 0.706 bits per heavy atom. The van der Waals surface area contributed by atoms with Crippen molar-refractivity contribution in [3.8, 4) is 0 Å². The van der Waals surface area contributed by atoms with Gasteiger partial charge in [0.2, 0.25) is 0 Å². The summed E-state index contributed by atoms with van der Waals surface area (Å²) >= 11 is 0. The predicted molar refractivity (Wildman–Crippen MR) is 146 cm³/mol. The summed E-state index contributed by atoms with van der Waals surface area (Å²) in [6.07, 6.45) is 3.37. The Morgan fingerprint density at radius 2 is 1.18 bits per heavy atom. The molecule has 0 atom stereocenters. The number of Topliss-reactive ketones (excluding diaryl/α,β-unsaturated/α-hetero) is 1. The van der Waals surface area contributed by atoms with Crippen LogP contribution in [-0.4, -0.2) is 29.3 Å². The van der Waals surface area contributed by atoms with Crippen LogP contribution in [0.5, 0.6) is 0 Å². The summed E-state index contributed by atoms with van der Waals surface area (Å²) in [6.45, 7) is 31.5. The summed E-state index contributed by atoms with van der Waals surface area (Å²) in [6, 6.07) is 0.214. The summed E-state index contributed by atoms with van der Waals surface area (Å²) in [5.41, 5.74) is 5.98. The topological polar surface area (TPSA) is 49.4 Å². The molecular formula is C30H54N2O2. The third-order valence-electron chi connectivity index (χ3n) is 6.62. The van der Waals surface area contributed by atoms with Crippen LogP contribution in [-0.2, 0) is 4.79 Å². The largest absolute Gasteiger partial charge is 0.336 e. The molecule has 2 aliphatic rings. The van der Waals surface area contributed by atoms with E-state index in [0.29, 0.717) is 12.2 Å². The van der Waals surface area contributed by atoms with Gasteiger partial charge in [-0.2, -0.15) is 0 Å². The number of carbonyl (C=O) groups excluding carboxylic acids is 2. The predicted octanol–water partition coefficient (Wildman–Crippen LogP) is 8.28. The Hall–Kier alpha value is -1.58. The summed E-state index contributed by atoms with van der Waals surface area (Å²) < 4.78 is 0. The van der Waals surface area contributed by atoms with Gasteiger partial charge in [-0.1, -0.05) is 94.2 Å². The Kier molecular flexibility index (Phi) is 9.48. The normalized spacial score (nSPS) is 18.4. The van der Waals surface area contributed by atoms with E-state index in [4.69, 9.17) is 0 Å². The molecule has 1 heterocycles. The van der Waals surface area contributed by atoms with Crippen LogP contribution in [0.1, 0.15) is 123 Å². The van der Waals surface area contributed by atoms with Gasteiger partial charge in [-0.15, -0.1) is 0 Å². The monoisotopic (exact) mass is 474 g/mol. The number of ketones is 1. The fourth-order valence-corrected chi connectivity index (χ4v) is 5.09. The number of allylic oxidation sites excluding steroid dienone is 3. The van der Waals surface area contributed by atoms with Crippen molar-refractivity contribution < 1.29 is 9.59 Å². The van der Waals surface area contributed by atoms with Crippen molar-refractivity contribution in [3.05, 3.63) is 22.4 Å². The van der Waals surface area contributed by atoms with Crippen molar-refractivity contribution >= 4 is 11.8 Å². The van der Waals surface area contributed by atoms with Crippen molar-refractivity contribution in [2.45, 2.75) is 129 Å². The number of nitrogens with one attached hydrogen (secondary N) is 1. The lowest BCUT2D eigenvalue weighted by Gasteiger charge is -2.36. The molecule has 0 aromatic carbocycles. The van der Waals surface area contributed by atoms with E-state index < -0.39 is 0 Å². The zero-order chi connectivity index (χ0) is 26.9. The summed E-state index contributed by atoms with van der Waals surface area (Å²) in [5.74, 6) is 0.410. The molecule has 2 rings (SSSR count). The number of urea groups is 1. The van der Waals surface area contributed by atoms with Gasteiger partial charge in [0.25, 0.3) is 0 Å². The minimum Gasteiger partial charge on any atom is -0.336 e. The van der Waals surface area contributed by atoms with Crippen LogP contribution < -0.4 is 5.32 Å². The second-order valence-corrected chi connectivity index (χ2v) is 14.5. The molecule has 196 valence electrons. The Balaban J connectivity index is 0.000000350. The minimum absolute atomic E-state index is 0.00652. The second-order valence-electron chi connectivity index (χ2n) is 14.5. The lowest BCUT2D eigenvalue weighted by molar-refractivity contribution is -0.119. The number of carbonyl (C=O) groups is 2. The standard InChI is InChI=1S/C16H30N2O.C14H24O/c1-11(2)17-14(19)18-10-9-12(15(3,4)5)13(18)16(6,7)8;1-13(2,3)11-8-7-10(15)9-12(11)14(4,5)6/h11H,9-10H2,1-8H3,(H,17,19);7-9H2,1-6H3. The van der Waals surface area contributed by atoms with Crippen molar-refractivity contribution in [2.24, 2.45) is 21.7 Å². The SMILES string of the molecule is CC(C)(C)C1=C(C(C)(C)C)CC(=O)CC1.CC(C)NC(=O)N1CCC(C(C)(C)C)=C1C(C)(C)C. The second kappa shape index (κ2) is 10.6. The molecule has 0 unspecified atom stereocenters. The van der Waals surface area contributed by atoms with Gasteiger partial charge >= 0.3 is 6.03 Å². The van der Waals surface area contributed by atoms with E-state index in [0.717, 1.165) is 25.8 Å². The highest BCUT2D eigenvalue weighted by molar-refractivity contribution is 5.83. The molecular weight excluding hydrogens is 420 g/mol. The van der Waals surface area contributed by atoms with Crippen molar-refractivity contribution in [1.29, 1.82) is 0 Å². The Labute approximate surface area is 211 Å². The molecule has 34 heavy (non-hydrogen) atoms. The van der Waals surface area contributed by atoms with E-state index in [9.17, 15) is 9.59 Å². The van der Waals surface area contributed by atoms with Gasteiger partial charge in [-0.25, -0.2) is 4.79 Å². The molecule has 0 spiro atoms. The van der Waals surface area contributed by atoms with Gasteiger partial charge in [0, 0.05) is 36.5 Å². The molecule has 0 aromatic heterocycles. The first-order chi connectivity index (χ1) is 15.1. The maximum Gasteiger partial charge on any atom is 0.321 e. The molecule has 0 bridgehead atoms. The van der Waals surface area contributed by atoms with Crippen molar-refractivity contribution in [1.82, 2.24) is 10.2 Å². The molecule has 1 N–H and O–H groups in total. The van der Waals surface area contributed by atoms with E-state index in [-0.39, 0.29) is 33.7 Å². The molecule has 2 amide bonds. The van der Waals surface area contributed by atoms with Gasteiger partial charge in [0.15, 0.2) is 0 Å². The highest BCUT2D eigenvalue weighted by Crippen LogP contribution is 2.44. The molecule has 1 aliphatic heterocycles. The first-order valence-corrected chi connectivity index (χ1v) is 13.1. The fourth-order valence-electron chi connectivity index (χ4n) is 5.09. The Bertz CT molecular complexity index is 816. The van der Waals surface area contributed by atoms with Crippen LogP contribution in [0.2, 0.25) is 0 Å². The van der Waals surface area contributed by atoms with Crippen LogP contribution in [0.25, 0.3) is 0 Å². The molecule has 4 heteroatoms. The quantitative estimate of drug-likeness (QED) is 0.389. The van der Waals surface area contributed by atoms with E-state index in [2.05, 4.69) is 88.4 Å². The Morgan fingerprint density at radius 3 is 1.56 bits per heavy atom. The number of hydrogen-bond donors (Lipinski definition) is 1. The zero-order valence-electron chi connectivity index (χ0n) is 24.9. The molecule has 0 saturated carbocycles. The van der Waals surface area contributed by atoms with Crippen LogP contribution in [0.15, 0.2) is 22.4 Å². The van der Waals surface area contributed by atoms with E-state index in [1.54, 1.807) is 0 Å². The first-order valence-electron chi connectivity index (χ1n) is 13.1. The summed E-state index contributed by atoms with van der Waals surface area (Å²) in [4.78, 5) is 25.9. The average Bonchev–Trinajstić information content (AvgIpc) is 3.06. The number of rotatable bonds is 1. The summed E-state index contributed by atoms with van der Waals surface area (Å²) in [5, 5.41) is 3.01. The smallest absolute Gasteiger partial charge is 0.321 e. The minimum atomic E-state index is -0.00652. The van der Waals surface area contributed by atoms with Gasteiger partial charge in [0.1, 0.15) is 5.78 Å². The van der Waals surface area contributed by atoms with Gasteiger partial charge in [-0.3, -0.25) is 9.69 Å².